The number of nitrogens with one attached hydrogen (secondary N) is 1. The molecule has 2 aromatic rings. The second-order valence-electron chi connectivity index (χ2n) is 3.07. The van der Waals surface area contributed by atoms with Crippen LogP contribution in [-0.4, -0.2) is 15.0 Å². The van der Waals surface area contributed by atoms with E-state index in [1.807, 2.05) is 12.1 Å². The van der Waals surface area contributed by atoms with Crippen molar-refractivity contribution in [1.82, 2.24) is 20.3 Å². The topological polar surface area (TPSA) is 50.7 Å². The molecule has 0 fully saturated rings. The zero-order valence-corrected chi connectivity index (χ0v) is 6.99. The number of hydrogen-bond acceptors (Lipinski definition) is 4. The number of rotatable bonds is 0. The zero-order valence-electron chi connectivity index (χ0n) is 6.99. The molecule has 0 spiro atoms. The van der Waals surface area contributed by atoms with E-state index in [-0.39, 0.29) is 0 Å². The highest BCUT2D eigenvalue weighted by Crippen LogP contribution is 2.14. The molecule has 0 atom stereocenters. The molecule has 2 aromatic heterocycles. The summed E-state index contributed by atoms with van der Waals surface area (Å²) in [4.78, 5) is 13.0. The van der Waals surface area contributed by atoms with Crippen molar-refractivity contribution < 1.29 is 0 Å². The highest BCUT2D eigenvalue weighted by Gasteiger charge is 2.13. The molecular weight excluding hydrogens is 164 g/mol. The summed E-state index contributed by atoms with van der Waals surface area (Å²) in [5.41, 5.74) is 3.71. The third-order valence-electron chi connectivity index (χ3n) is 2.18. The van der Waals surface area contributed by atoms with Crippen LogP contribution in [0.5, 0.6) is 0 Å². The Morgan fingerprint density at radius 2 is 2.00 bits per heavy atom. The standard InChI is InChI=1S/C9H8N4/c1-2-6-9(11-3-1)13-8-5-10-4-7(8)12-6/h1-3,10H,4-5H2. The number of pyridine rings is 1. The molecule has 0 saturated heterocycles. The van der Waals surface area contributed by atoms with Gasteiger partial charge in [-0.1, -0.05) is 0 Å². The minimum atomic E-state index is 0.741. The van der Waals surface area contributed by atoms with Crippen molar-refractivity contribution in [2.45, 2.75) is 13.1 Å². The van der Waals surface area contributed by atoms with Crippen molar-refractivity contribution in [3.05, 3.63) is 29.7 Å². The van der Waals surface area contributed by atoms with Crippen LogP contribution in [0.15, 0.2) is 18.3 Å². The fraction of sp³-hybridized carbons (Fsp3) is 0.222. The summed E-state index contributed by atoms with van der Waals surface area (Å²) in [6.07, 6.45) is 1.74. The van der Waals surface area contributed by atoms with Crippen LogP contribution in [0.4, 0.5) is 0 Å². The van der Waals surface area contributed by atoms with Gasteiger partial charge in [0.1, 0.15) is 5.52 Å². The van der Waals surface area contributed by atoms with Gasteiger partial charge in [0.2, 0.25) is 0 Å². The molecule has 1 aliphatic rings. The largest absolute Gasteiger partial charge is 0.305 e. The Kier molecular flexibility index (Phi) is 1.31. The van der Waals surface area contributed by atoms with Crippen molar-refractivity contribution in [1.29, 1.82) is 0 Å². The molecule has 0 saturated carbocycles. The quantitative estimate of drug-likeness (QED) is 0.633. The van der Waals surface area contributed by atoms with Crippen LogP contribution in [0.2, 0.25) is 0 Å². The van der Waals surface area contributed by atoms with Gasteiger partial charge in [0.15, 0.2) is 5.65 Å². The van der Waals surface area contributed by atoms with Crippen molar-refractivity contribution in [3.8, 4) is 0 Å². The van der Waals surface area contributed by atoms with Crippen LogP contribution in [0.25, 0.3) is 11.2 Å². The molecular formula is C9H8N4. The van der Waals surface area contributed by atoms with Crippen molar-refractivity contribution in [2.24, 2.45) is 0 Å². The fourth-order valence-corrected chi connectivity index (χ4v) is 1.55. The Balaban J connectivity index is 2.36. The maximum Gasteiger partial charge on any atom is 0.178 e. The maximum absolute atomic E-state index is 4.47. The second-order valence-corrected chi connectivity index (χ2v) is 3.07. The normalized spacial score (nSPS) is 14.8. The number of nitrogens with zero attached hydrogens (tertiary/aromatic N) is 3. The first-order valence-corrected chi connectivity index (χ1v) is 4.25. The van der Waals surface area contributed by atoms with Gasteiger partial charge in [0, 0.05) is 19.3 Å². The fourth-order valence-electron chi connectivity index (χ4n) is 1.55. The molecule has 0 bridgehead atoms. The van der Waals surface area contributed by atoms with Gasteiger partial charge in [0.05, 0.1) is 11.4 Å². The number of hydrogen-bond donors (Lipinski definition) is 1. The predicted octanol–water partition coefficient (Wildman–Crippen LogP) is 0.628. The van der Waals surface area contributed by atoms with E-state index in [9.17, 15) is 0 Å². The summed E-state index contributed by atoms with van der Waals surface area (Å²) in [6, 6.07) is 3.82. The predicted molar refractivity (Wildman–Crippen MR) is 47.9 cm³/mol. The van der Waals surface area contributed by atoms with E-state index in [0.717, 1.165) is 35.6 Å². The Hall–Kier alpha value is -1.55. The maximum atomic E-state index is 4.47. The zero-order chi connectivity index (χ0) is 8.67. The molecule has 3 rings (SSSR count). The van der Waals surface area contributed by atoms with Crippen LogP contribution < -0.4 is 5.32 Å². The third kappa shape index (κ3) is 0.990. The lowest BCUT2D eigenvalue weighted by molar-refractivity contribution is 0.753. The van der Waals surface area contributed by atoms with E-state index in [2.05, 4.69) is 20.3 Å². The van der Waals surface area contributed by atoms with Gasteiger partial charge in [0.25, 0.3) is 0 Å². The minimum Gasteiger partial charge on any atom is -0.305 e. The van der Waals surface area contributed by atoms with E-state index >= 15 is 0 Å². The molecule has 0 amide bonds. The van der Waals surface area contributed by atoms with Gasteiger partial charge >= 0.3 is 0 Å². The van der Waals surface area contributed by atoms with Gasteiger partial charge in [-0.15, -0.1) is 0 Å². The van der Waals surface area contributed by atoms with Crippen molar-refractivity contribution in [2.75, 3.05) is 0 Å². The minimum absolute atomic E-state index is 0.741. The molecule has 0 unspecified atom stereocenters. The first kappa shape index (κ1) is 6.91. The van der Waals surface area contributed by atoms with E-state index in [0.29, 0.717) is 0 Å². The Morgan fingerprint density at radius 3 is 2.92 bits per heavy atom. The molecule has 0 aromatic carbocycles. The Bertz CT molecular complexity index is 424. The number of fused-ring (bicyclic) bond motifs is 2. The summed E-state index contributed by atoms with van der Waals surface area (Å²) >= 11 is 0. The van der Waals surface area contributed by atoms with Crippen LogP contribution >= 0.6 is 0 Å². The van der Waals surface area contributed by atoms with Crippen molar-refractivity contribution in [3.63, 3.8) is 0 Å². The van der Waals surface area contributed by atoms with E-state index in [4.69, 9.17) is 0 Å². The smallest absolute Gasteiger partial charge is 0.178 e. The van der Waals surface area contributed by atoms with Crippen LogP contribution in [-0.2, 0) is 13.1 Å². The van der Waals surface area contributed by atoms with Gasteiger partial charge in [-0.2, -0.15) is 0 Å². The first-order chi connectivity index (χ1) is 6.43. The average molecular weight is 172 g/mol. The Morgan fingerprint density at radius 1 is 1.15 bits per heavy atom. The van der Waals surface area contributed by atoms with Crippen LogP contribution in [0, 0.1) is 0 Å². The highest BCUT2D eigenvalue weighted by molar-refractivity contribution is 5.69. The lowest BCUT2D eigenvalue weighted by Gasteiger charge is -1.98. The SMILES string of the molecule is c1cnc2nc3c(nc2c1)CNC3. The molecule has 0 aliphatic carbocycles. The van der Waals surface area contributed by atoms with E-state index < -0.39 is 0 Å². The monoisotopic (exact) mass is 172 g/mol. The number of aromatic nitrogens is 3. The van der Waals surface area contributed by atoms with Crippen LogP contribution in [0.1, 0.15) is 11.4 Å². The lowest BCUT2D eigenvalue weighted by atomic mass is 10.3. The summed E-state index contributed by atoms with van der Waals surface area (Å²) < 4.78 is 0. The Labute approximate surface area is 75.0 Å². The molecule has 13 heavy (non-hydrogen) atoms. The summed E-state index contributed by atoms with van der Waals surface area (Å²) in [5.74, 6) is 0. The molecule has 4 nitrogen and oxygen atoms in total. The van der Waals surface area contributed by atoms with Gasteiger partial charge in [-0.25, -0.2) is 15.0 Å². The molecule has 1 aliphatic heterocycles. The summed E-state index contributed by atoms with van der Waals surface area (Å²) in [7, 11) is 0. The second kappa shape index (κ2) is 2.47. The van der Waals surface area contributed by atoms with E-state index in [1.165, 1.54) is 0 Å². The summed E-state index contributed by atoms with van der Waals surface area (Å²) in [5, 5.41) is 3.21. The molecule has 0 radical (unpaired) electrons. The highest BCUT2D eigenvalue weighted by atomic mass is 15.0. The molecule has 1 N–H and O–H groups in total. The third-order valence-corrected chi connectivity index (χ3v) is 2.18. The molecule has 3 heterocycles. The summed E-state index contributed by atoms with van der Waals surface area (Å²) in [6.45, 7) is 1.64. The van der Waals surface area contributed by atoms with E-state index in [1.54, 1.807) is 6.20 Å². The van der Waals surface area contributed by atoms with Crippen LogP contribution in [0.3, 0.4) is 0 Å². The molecule has 4 heteroatoms. The average Bonchev–Trinajstić information content (AvgIpc) is 2.61. The first-order valence-electron chi connectivity index (χ1n) is 4.25. The lowest BCUT2D eigenvalue weighted by Crippen LogP contribution is -2.00. The van der Waals surface area contributed by atoms with Gasteiger partial charge in [-0.3, -0.25) is 0 Å². The van der Waals surface area contributed by atoms with Crippen molar-refractivity contribution >= 4 is 11.2 Å². The molecule has 64 valence electrons. The van der Waals surface area contributed by atoms with Gasteiger partial charge < -0.3 is 5.32 Å². The van der Waals surface area contributed by atoms with Gasteiger partial charge in [-0.05, 0) is 12.1 Å².